The van der Waals surface area contributed by atoms with Crippen LogP contribution in [0.15, 0.2) is 54.1 Å². The average molecular weight is 424 g/mol. The summed E-state index contributed by atoms with van der Waals surface area (Å²) in [6.45, 7) is 3.34. The molecule has 164 valence electrons. The second-order valence-electron chi connectivity index (χ2n) is 7.53. The van der Waals surface area contributed by atoms with Gasteiger partial charge in [-0.3, -0.25) is 9.59 Å². The molecular formula is C24H28N2O5. The topological polar surface area (TPSA) is 79.3 Å². The summed E-state index contributed by atoms with van der Waals surface area (Å²) in [6.07, 6.45) is 0. The second kappa shape index (κ2) is 9.66. The SMILES string of the molecule is CCOc1ccc(/C(O)=C2\C(=O)C(=O)N(CCN(C)C)[C@@H]2c2cccc(OC)c2)cc1. The molecule has 1 N–H and O–H groups in total. The van der Waals surface area contributed by atoms with Crippen LogP contribution >= 0.6 is 0 Å². The number of hydrogen-bond acceptors (Lipinski definition) is 6. The van der Waals surface area contributed by atoms with Gasteiger partial charge in [-0.15, -0.1) is 0 Å². The number of Topliss-reactive ketones (excluding diaryl/α,β-unsaturated/α-hetero) is 1. The molecule has 1 fully saturated rings. The molecular weight excluding hydrogens is 396 g/mol. The molecule has 0 aliphatic carbocycles. The lowest BCUT2D eigenvalue weighted by Gasteiger charge is -2.26. The van der Waals surface area contributed by atoms with Crippen molar-refractivity contribution in [1.82, 2.24) is 9.80 Å². The van der Waals surface area contributed by atoms with Gasteiger partial charge in [0.25, 0.3) is 11.7 Å². The molecule has 0 saturated carbocycles. The molecule has 0 bridgehead atoms. The molecule has 3 rings (SSSR count). The molecule has 7 nitrogen and oxygen atoms in total. The Balaban J connectivity index is 2.11. The lowest BCUT2D eigenvalue weighted by atomic mass is 9.95. The van der Waals surface area contributed by atoms with Crippen molar-refractivity contribution in [3.8, 4) is 11.5 Å². The van der Waals surface area contributed by atoms with E-state index in [0.29, 0.717) is 42.3 Å². The van der Waals surface area contributed by atoms with Crippen molar-refractivity contribution in [3.63, 3.8) is 0 Å². The molecule has 1 aliphatic rings. The van der Waals surface area contributed by atoms with E-state index in [0.717, 1.165) is 0 Å². The highest BCUT2D eigenvalue weighted by molar-refractivity contribution is 6.46. The van der Waals surface area contributed by atoms with Crippen molar-refractivity contribution in [2.75, 3.05) is 40.9 Å². The minimum Gasteiger partial charge on any atom is -0.507 e. The van der Waals surface area contributed by atoms with Gasteiger partial charge < -0.3 is 24.4 Å². The van der Waals surface area contributed by atoms with E-state index < -0.39 is 17.7 Å². The van der Waals surface area contributed by atoms with Crippen LogP contribution in [0.5, 0.6) is 11.5 Å². The van der Waals surface area contributed by atoms with E-state index in [-0.39, 0.29) is 11.3 Å². The van der Waals surface area contributed by atoms with Crippen molar-refractivity contribution in [1.29, 1.82) is 0 Å². The van der Waals surface area contributed by atoms with Gasteiger partial charge in [-0.1, -0.05) is 12.1 Å². The van der Waals surface area contributed by atoms with Crippen molar-refractivity contribution in [3.05, 3.63) is 65.2 Å². The predicted octanol–water partition coefficient (Wildman–Crippen LogP) is 3.08. The van der Waals surface area contributed by atoms with Gasteiger partial charge in [-0.25, -0.2) is 0 Å². The molecule has 0 unspecified atom stereocenters. The maximum Gasteiger partial charge on any atom is 0.295 e. The summed E-state index contributed by atoms with van der Waals surface area (Å²) in [6, 6.07) is 13.3. The van der Waals surface area contributed by atoms with Gasteiger partial charge in [0.2, 0.25) is 0 Å². The number of ether oxygens (including phenoxy) is 2. The molecule has 31 heavy (non-hydrogen) atoms. The number of likely N-dealkylation sites (N-methyl/N-ethyl adjacent to an activating group) is 1. The lowest BCUT2D eigenvalue weighted by Crippen LogP contribution is -2.35. The molecule has 1 amide bonds. The second-order valence-corrected chi connectivity index (χ2v) is 7.53. The van der Waals surface area contributed by atoms with Gasteiger partial charge in [0.1, 0.15) is 17.3 Å². The van der Waals surface area contributed by atoms with Gasteiger partial charge in [-0.05, 0) is 63.0 Å². The standard InChI is InChI=1S/C24H28N2O5/c1-5-31-18-11-9-16(10-12-18)22(27)20-21(17-7-6-8-19(15-17)30-4)26(14-13-25(2)3)24(29)23(20)28/h6-12,15,21,27H,5,13-14H2,1-4H3/b22-20+/t21-/m1/s1. The third kappa shape index (κ3) is 4.72. The smallest absolute Gasteiger partial charge is 0.295 e. The maximum absolute atomic E-state index is 13.0. The monoisotopic (exact) mass is 424 g/mol. The fourth-order valence-corrected chi connectivity index (χ4v) is 3.61. The van der Waals surface area contributed by atoms with Crippen LogP contribution < -0.4 is 9.47 Å². The molecule has 0 radical (unpaired) electrons. The predicted molar refractivity (Wildman–Crippen MR) is 118 cm³/mol. The van der Waals surface area contributed by atoms with Gasteiger partial charge in [0.15, 0.2) is 0 Å². The summed E-state index contributed by atoms with van der Waals surface area (Å²) in [5.74, 6) is -0.256. The number of rotatable bonds is 8. The van der Waals surface area contributed by atoms with Gasteiger partial charge >= 0.3 is 0 Å². The highest BCUT2D eigenvalue weighted by Crippen LogP contribution is 2.40. The third-order valence-corrected chi connectivity index (χ3v) is 5.18. The summed E-state index contributed by atoms with van der Waals surface area (Å²) in [4.78, 5) is 29.4. The summed E-state index contributed by atoms with van der Waals surface area (Å²) >= 11 is 0. The average Bonchev–Trinajstić information content (AvgIpc) is 3.02. The first-order valence-corrected chi connectivity index (χ1v) is 10.2. The third-order valence-electron chi connectivity index (χ3n) is 5.18. The Labute approximate surface area is 182 Å². The van der Waals surface area contributed by atoms with Gasteiger partial charge in [0, 0.05) is 18.7 Å². The molecule has 2 aromatic rings. The van der Waals surface area contributed by atoms with Crippen LogP contribution in [-0.2, 0) is 9.59 Å². The van der Waals surface area contributed by atoms with E-state index in [1.807, 2.05) is 32.0 Å². The summed E-state index contributed by atoms with van der Waals surface area (Å²) in [5.41, 5.74) is 1.22. The normalized spacial score (nSPS) is 18.0. The first-order chi connectivity index (χ1) is 14.9. The van der Waals surface area contributed by atoms with E-state index in [9.17, 15) is 14.7 Å². The minimum atomic E-state index is -0.707. The van der Waals surface area contributed by atoms with Crippen LogP contribution in [-0.4, -0.2) is 67.5 Å². The number of aliphatic hydroxyl groups excluding tert-OH is 1. The Morgan fingerprint density at radius 3 is 2.42 bits per heavy atom. The van der Waals surface area contributed by atoms with Crippen molar-refractivity contribution >= 4 is 17.4 Å². The molecule has 0 aromatic heterocycles. The highest BCUT2D eigenvalue weighted by Gasteiger charge is 2.46. The summed E-state index contributed by atoms with van der Waals surface area (Å²) in [7, 11) is 5.36. The van der Waals surface area contributed by atoms with Crippen molar-refractivity contribution in [2.45, 2.75) is 13.0 Å². The Morgan fingerprint density at radius 1 is 1.10 bits per heavy atom. The van der Waals surface area contributed by atoms with Crippen LogP contribution in [0.2, 0.25) is 0 Å². The zero-order valence-corrected chi connectivity index (χ0v) is 18.3. The number of methoxy groups -OCH3 is 1. The summed E-state index contributed by atoms with van der Waals surface area (Å²) in [5, 5.41) is 11.1. The molecule has 7 heteroatoms. The Hall–Kier alpha value is -3.32. The zero-order chi connectivity index (χ0) is 22.5. The first kappa shape index (κ1) is 22.4. The van der Waals surface area contributed by atoms with Crippen molar-refractivity contribution in [2.24, 2.45) is 0 Å². The van der Waals surface area contributed by atoms with E-state index >= 15 is 0 Å². The molecule has 0 spiro atoms. The van der Waals surface area contributed by atoms with Crippen LogP contribution in [0.25, 0.3) is 5.76 Å². The molecule has 1 saturated heterocycles. The maximum atomic E-state index is 13.0. The zero-order valence-electron chi connectivity index (χ0n) is 18.3. The molecule has 2 aromatic carbocycles. The van der Waals surface area contributed by atoms with Crippen LogP contribution in [0.4, 0.5) is 0 Å². The number of carbonyl (C=O) groups is 2. The van der Waals surface area contributed by atoms with E-state index in [2.05, 4.69) is 0 Å². The Bertz CT molecular complexity index is 982. The summed E-state index contributed by atoms with van der Waals surface area (Å²) < 4.78 is 10.8. The number of aliphatic hydroxyl groups is 1. The van der Waals surface area contributed by atoms with E-state index in [1.54, 1.807) is 49.6 Å². The number of likely N-dealkylation sites (tertiary alicyclic amines) is 1. The first-order valence-electron chi connectivity index (χ1n) is 10.2. The number of benzene rings is 2. The van der Waals surface area contributed by atoms with E-state index in [1.165, 1.54) is 4.90 Å². The quantitative estimate of drug-likeness (QED) is 0.399. The Kier molecular flexibility index (Phi) is 6.97. The van der Waals surface area contributed by atoms with E-state index in [4.69, 9.17) is 9.47 Å². The van der Waals surface area contributed by atoms with Crippen LogP contribution in [0.3, 0.4) is 0 Å². The fourth-order valence-electron chi connectivity index (χ4n) is 3.61. The van der Waals surface area contributed by atoms with Gasteiger partial charge in [0.05, 0.1) is 25.3 Å². The number of amides is 1. The van der Waals surface area contributed by atoms with Crippen LogP contribution in [0.1, 0.15) is 24.1 Å². The molecule has 1 aliphatic heterocycles. The Morgan fingerprint density at radius 2 is 1.81 bits per heavy atom. The molecule has 1 atom stereocenters. The molecule has 1 heterocycles. The van der Waals surface area contributed by atoms with Crippen molar-refractivity contribution < 1.29 is 24.2 Å². The number of hydrogen-bond donors (Lipinski definition) is 1. The highest BCUT2D eigenvalue weighted by atomic mass is 16.5. The largest absolute Gasteiger partial charge is 0.507 e. The lowest BCUT2D eigenvalue weighted by molar-refractivity contribution is -0.140. The minimum absolute atomic E-state index is 0.0705. The van der Waals surface area contributed by atoms with Crippen LogP contribution in [0, 0.1) is 0 Å². The number of nitrogens with zero attached hydrogens (tertiary/aromatic N) is 2. The number of ketones is 1. The van der Waals surface area contributed by atoms with Gasteiger partial charge in [-0.2, -0.15) is 0 Å². The fraction of sp³-hybridized carbons (Fsp3) is 0.333. The number of carbonyl (C=O) groups excluding carboxylic acids is 2.